The zero-order chi connectivity index (χ0) is 14.5. The van der Waals surface area contributed by atoms with Crippen molar-refractivity contribution < 1.29 is 4.79 Å². The van der Waals surface area contributed by atoms with Crippen LogP contribution in [0, 0.1) is 11.3 Å². The van der Waals surface area contributed by atoms with Crippen molar-refractivity contribution >= 4 is 23.2 Å². The van der Waals surface area contributed by atoms with Gasteiger partial charge in [-0.1, -0.05) is 48.0 Å². The van der Waals surface area contributed by atoms with Crippen LogP contribution in [0.4, 0.5) is 5.69 Å². The molecule has 0 aliphatic rings. The monoisotopic (exact) mass is 284 g/mol. The molecule has 4 heteroatoms. The van der Waals surface area contributed by atoms with E-state index in [9.17, 15) is 10.1 Å². The normalized spacial score (nSPS) is 11.4. The Morgan fingerprint density at radius 2 is 1.95 bits per heavy atom. The molecule has 0 unspecified atom stereocenters. The number of nitrogens with zero attached hydrogens (tertiary/aromatic N) is 1. The van der Waals surface area contributed by atoms with Crippen LogP contribution in [0.5, 0.6) is 0 Å². The number of benzene rings is 2. The molecule has 2 aromatic carbocycles. The summed E-state index contributed by atoms with van der Waals surface area (Å²) in [6, 6.07) is 16.9. The summed E-state index contributed by atoms with van der Waals surface area (Å²) in [6.45, 7) is 1.43. The topological polar surface area (TPSA) is 52.9 Å². The minimum absolute atomic E-state index is 0.159. The smallest absolute Gasteiger partial charge is 0.221 e. The summed E-state index contributed by atoms with van der Waals surface area (Å²) in [5, 5.41) is 12.5. The fourth-order valence-electron chi connectivity index (χ4n) is 2.01. The van der Waals surface area contributed by atoms with Crippen LogP contribution in [0.3, 0.4) is 0 Å². The number of hydrogen-bond acceptors (Lipinski definition) is 2. The third kappa shape index (κ3) is 3.17. The Bertz CT molecular complexity index is 662. The van der Waals surface area contributed by atoms with Crippen LogP contribution in [0.15, 0.2) is 48.5 Å². The summed E-state index contributed by atoms with van der Waals surface area (Å²) in [5.74, 6) is -0.580. The average Bonchev–Trinajstić information content (AvgIpc) is 2.42. The minimum Gasteiger partial charge on any atom is -0.326 e. The first-order chi connectivity index (χ1) is 9.61. The molecule has 100 valence electrons. The van der Waals surface area contributed by atoms with Gasteiger partial charge in [-0.15, -0.1) is 0 Å². The third-order valence-corrected chi connectivity index (χ3v) is 3.22. The summed E-state index contributed by atoms with van der Waals surface area (Å²) >= 11 is 6.23. The zero-order valence-corrected chi connectivity index (χ0v) is 11.7. The minimum atomic E-state index is -0.421. The van der Waals surface area contributed by atoms with Gasteiger partial charge in [-0.3, -0.25) is 4.79 Å². The number of carbonyl (C=O) groups is 1. The Balaban J connectivity index is 2.37. The van der Waals surface area contributed by atoms with Crippen LogP contribution in [0.25, 0.3) is 0 Å². The van der Waals surface area contributed by atoms with E-state index in [1.54, 1.807) is 18.2 Å². The predicted octanol–water partition coefficient (Wildman–Crippen LogP) is 3.95. The van der Waals surface area contributed by atoms with Crippen molar-refractivity contribution in [3.05, 3.63) is 64.7 Å². The lowest BCUT2D eigenvalue weighted by Gasteiger charge is -2.13. The van der Waals surface area contributed by atoms with Crippen LogP contribution < -0.4 is 5.32 Å². The van der Waals surface area contributed by atoms with E-state index < -0.39 is 5.92 Å². The van der Waals surface area contributed by atoms with Gasteiger partial charge in [0.1, 0.15) is 0 Å². The Kier molecular flexibility index (Phi) is 4.39. The highest BCUT2D eigenvalue weighted by Crippen LogP contribution is 2.31. The molecule has 0 aromatic heterocycles. The van der Waals surface area contributed by atoms with E-state index in [0.717, 1.165) is 11.1 Å². The summed E-state index contributed by atoms with van der Waals surface area (Å²) in [7, 11) is 0. The maximum atomic E-state index is 11.0. The van der Waals surface area contributed by atoms with Crippen molar-refractivity contribution in [3.8, 4) is 6.07 Å². The molecule has 20 heavy (non-hydrogen) atoms. The molecule has 1 N–H and O–H groups in total. The summed E-state index contributed by atoms with van der Waals surface area (Å²) in [5.41, 5.74) is 2.25. The summed E-state index contributed by atoms with van der Waals surface area (Å²) in [6.07, 6.45) is 0. The number of halogens is 1. The molecular weight excluding hydrogens is 272 g/mol. The van der Waals surface area contributed by atoms with E-state index in [0.29, 0.717) is 10.7 Å². The number of anilines is 1. The predicted molar refractivity (Wildman–Crippen MR) is 79.7 cm³/mol. The van der Waals surface area contributed by atoms with E-state index >= 15 is 0 Å². The largest absolute Gasteiger partial charge is 0.326 e. The Labute approximate surface area is 122 Å². The van der Waals surface area contributed by atoms with Crippen LogP contribution in [-0.4, -0.2) is 5.91 Å². The van der Waals surface area contributed by atoms with Gasteiger partial charge in [0, 0.05) is 17.6 Å². The van der Waals surface area contributed by atoms with Gasteiger partial charge >= 0.3 is 0 Å². The SMILES string of the molecule is CC(=O)Nc1ccc([C@H](C#N)c2ccccc2)c(Cl)c1. The lowest BCUT2D eigenvalue weighted by molar-refractivity contribution is -0.114. The first kappa shape index (κ1) is 14.1. The maximum absolute atomic E-state index is 11.0. The van der Waals surface area contributed by atoms with Gasteiger partial charge in [0.15, 0.2) is 0 Å². The average molecular weight is 285 g/mol. The molecule has 1 amide bonds. The van der Waals surface area contributed by atoms with Gasteiger partial charge in [0.25, 0.3) is 0 Å². The van der Waals surface area contributed by atoms with E-state index in [1.165, 1.54) is 6.92 Å². The highest BCUT2D eigenvalue weighted by molar-refractivity contribution is 6.31. The van der Waals surface area contributed by atoms with E-state index in [1.807, 2.05) is 30.3 Å². The first-order valence-electron chi connectivity index (χ1n) is 6.13. The highest BCUT2D eigenvalue weighted by Gasteiger charge is 2.16. The molecular formula is C16H13ClN2O. The standard InChI is InChI=1S/C16H13ClN2O/c1-11(20)19-13-7-8-14(16(17)9-13)15(10-18)12-5-3-2-4-6-12/h2-9,15H,1H3,(H,19,20)/t15-/m1/s1. The molecule has 0 radical (unpaired) electrons. The Morgan fingerprint density at radius 3 is 2.50 bits per heavy atom. The summed E-state index contributed by atoms with van der Waals surface area (Å²) < 4.78 is 0. The van der Waals surface area contributed by atoms with Crippen molar-refractivity contribution in [3.63, 3.8) is 0 Å². The van der Waals surface area contributed by atoms with Crippen molar-refractivity contribution in [1.29, 1.82) is 5.26 Å². The van der Waals surface area contributed by atoms with Crippen LogP contribution in [0.1, 0.15) is 24.0 Å². The second-order valence-corrected chi connectivity index (χ2v) is 4.80. The maximum Gasteiger partial charge on any atom is 0.221 e. The van der Waals surface area contributed by atoms with E-state index in [2.05, 4.69) is 11.4 Å². The second-order valence-electron chi connectivity index (χ2n) is 4.39. The quantitative estimate of drug-likeness (QED) is 0.928. The lowest BCUT2D eigenvalue weighted by atomic mass is 9.92. The number of rotatable bonds is 3. The molecule has 0 spiro atoms. The molecule has 0 aliphatic carbocycles. The molecule has 0 saturated heterocycles. The molecule has 3 nitrogen and oxygen atoms in total. The van der Waals surface area contributed by atoms with Crippen molar-refractivity contribution in [2.45, 2.75) is 12.8 Å². The van der Waals surface area contributed by atoms with Crippen LogP contribution in [0.2, 0.25) is 5.02 Å². The van der Waals surface area contributed by atoms with Gasteiger partial charge in [-0.2, -0.15) is 5.26 Å². The number of hydrogen-bond donors (Lipinski definition) is 1. The highest BCUT2D eigenvalue weighted by atomic mass is 35.5. The van der Waals surface area contributed by atoms with Crippen molar-refractivity contribution in [2.75, 3.05) is 5.32 Å². The van der Waals surface area contributed by atoms with Crippen molar-refractivity contribution in [1.82, 2.24) is 0 Å². The first-order valence-corrected chi connectivity index (χ1v) is 6.51. The van der Waals surface area contributed by atoms with Crippen molar-refractivity contribution in [2.24, 2.45) is 0 Å². The van der Waals surface area contributed by atoms with Gasteiger partial charge in [-0.05, 0) is 23.3 Å². The fourth-order valence-corrected chi connectivity index (χ4v) is 2.30. The van der Waals surface area contributed by atoms with Crippen LogP contribution >= 0.6 is 11.6 Å². The third-order valence-electron chi connectivity index (χ3n) is 2.89. The molecule has 0 bridgehead atoms. The summed E-state index contributed by atoms with van der Waals surface area (Å²) in [4.78, 5) is 11.0. The van der Waals surface area contributed by atoms with Gasteiger partial charge in [0.2, 0.25) is 5.91 Å². The van der Waals surface area contributed by atoms with E-state index in [4.69, 9.17) is 11.6 Å². The molecule has 0 aliphatic heterocycles. The Hall–Kier alpha value is -2.31. The molecule has 0 fully saturated rings. The molecule has 2 rings (SSSR count). The van der Waals surface area contributed by atoms with Gasteiger partial charge < -0.3 is 5.32 Å². The molecule has 0 heterocycles. The number of carbonyl (C=O) groups excluding carboxylic acids is 1. The lowest BCUT2D eigenvalue weighted by Crippen LogP contribution is -2.06. The fraction of sp³-hybridized carbons (Fsp3) is 0.125. The Morgan fingerprint density at radius 1 is 1.25 bits per heavy atom. The molecule has 2 aromatic rings. The van der Waals surface area contributed by atoms with Gasteiger partial charge in [0.05, 0.1) is 12.0 Å². The number of amides is 1. The van der Waals surface area contributed by atoms with E-state index in [-0.39, 0.29) is 5.91 Å². The molecule has 0 saturated carbocycles. The number of nitriles is 1. The number of nitrogens with one attached hydrogen (secondary N) is 1. The second kappa shape index (κ2) is 6.23. The van der Waals surface area contributed by atoms with Gasteiger partial charge in [-0.25, -0.2) is 0 Å². The zero-order valence-electron chi connectivity index (χ0n) is 10.9. The molecule has 1 atom stereocenters. The van der Waals surface area contributed by atoms with Crippen LogP contribution in [-0.2, 0) is 4.79 Å².